The number of fused-ring (bicyclic) bond motifs is 3. The number of imidazole rings is 3. The summed E-state index contributed by atoms with van der Waals surface area (Å²) in [5.74, 6) is -2.23. The summed E-state index contributed by atoms with van der Waals surface area (Å²) in [6.07, 6.45) is -11.7. The summed E-state index contributed by atoms with van der Waals surface area (Å²) >= 11 is -0.136. The van der Waals surface area contributed by atoms with Crippen LogP contribution in [0.5, 0.6) is 0 Å². The summed E-state index contributed by atoms with van der Waals surface area (Å²) in [5, 5.41) is 33.0. The predicted molar refractivity (Wildman–Crippen MR) is 253 cm³/mol. The van der Waals surface area contributed by atoms with Gasteiger partial charge in [-0.3, -0.25) is 46.8 Å². The molecule has 9 heterocycles. The van der Waals surface area contributed by atoms with E-state index in [0.29, 0.717) is 0 Å². The van der Waals surface area contributed by atoms with Gasteiger partial charge in [-0.15, -0.1) is 0 Å². The molecule has 9 rings (SSSR count). The topological polar surface area (TPSA) is 533 Å². The number of H-pyrrole nitrogens is 2. The van der Waals surface area contributed by atoms with Crippen LogP contribution in [0.1, 0.15) is 32.0 Å². The normalized spacial score (nSPS) is 30.2. The van der Waals surface area contributed by atoms with Crippen LogP contribution in [0.15, 0.2) is 34.9 Å². The van der Waals surface area contributed by atoms with Crippen LogP contribution in [-0.2, 0) is 66.4 Å². The summed E-state index contributed by atoms with van der Waals surface area (Å²) in [4.78, 5) is 96.7. The molecule has 0 aromatic carbocycles. The highest BCUT2D eigenvalue weighted by Crippen LogP contribution is 2.72. The molecular formula is C34H48N15O22P4S+. The lowest BCUT2D eigenvalue weighted by Gasteiger charge is -2.26. The molecule has 4 unspecified atom stereocenters. The maximum Gasteiger partial charge on any atom is 0.488 e. The van der Waals surface area contributed by atoms with E-state index in [1.54, 1.807) is 6.92 Å². The lowest BCUT2D eigenvalue weighted by Crippen LogP contribution is -2.45. The third-order valence-electron chi connectivity index (χ3n) is 12.2. The maximum absolute atomic E-state index is 13.7. The molecule has 15 N–H and O–H groups in total. The second-order valence-corrected chi connectivity index (χ2v) is 25.6. The molecule has 3 aliphatic heterocycles. The van der Waals surface area contributed by atoms with Crippen molar-refractivity contribution in [3.63, 3.8) is 0 Å². The maximum atomic E-state index is 13.7. The van der Waals surface area contributed by atoms with E-state index in [1.165, 1.54) is 33.4 Å². The number of aliphatic hydroxyl groups excluding tert-OH is 3. The van der Waals surface area contributed by atoms with Gasteiger partial charge in [-0.05, 0) is 17.8 Å². The quantitative estimate of drug-likeness (QED) is 0.0282. The highest BCUT2D eigenvalue weighted by molar-refractivity contribution is 8.55. The lowest BCUT2D eigenvalue weighted by molar-refractivity contribution is -0.745. The average Bonchev–Trinajstić information content (AvgIpc) is 4.20. The van der Waals surface area contributed by atoms with Crippen LogP contribution in [0, 0.1) is 5.92 Å². The first-order chi connectivity index (χ1) is 35.7. The summed E-state index contributed by atoms with van der Waals surface area (Å²) in [6, 6.07) is 0. The van der Waals surface area contributed by atoms with Crippen molar-refractivity contribution < 1.29 is 98.9 Å². The Balaban J connectivity index is 0.866. The zero-order valence-corrected chi connectivity index (χ0v) is 43.6. The Labute approximate surface area is 427 Å². The van der Waals surface area contributed by atoms with Gasteiger partial charge in [0.25, 0.3) is 17.1 Å². The first kappa shape index (κ1) is 56.0. The fourth-order valence-electron chi connectivity index (χ4n) is 8.88. The van der Waals surface area contributed by atoms with Crippen molar-refractivity contribution in [1.82, 2.24) is 53.6 Å². The van der Waals surface area contributed by atoms with Crippen LogP contribution in [0.3, 0.4) is 0 Å². The fourth-order valence-corrected chi connectivity index (χ4v) is 15.8. The minimum Gasteiger partial charge on any atom is -0.387 e. The molecule has 3 saturated heterocycles. The first-order valence-electron chi connectivity index (χ1n) is 22.0. The third-order valence-corrected chi connectivity index (χ3v) is 19.8. The van der Waals surface area contributed by atoms with Crippen LogP contribution >= 0.6 is 41.6 Å². The summed E-state index contributed by atoms with van der Waals surface area (Å²) in [7, 11) is -14.5. The van der Waals surface area contributed by atoms with Crippen LogP contribution in [-0.4, -0.2) is 163 Å². The van der Waals surface area contributed by atoms with Crippen LogP contribution in [0.25, 0.3) is 33.5 Å². The fraction of sp³-hybridized carbons (Fsp3) is 0.559. The zero-order valence-electron chi connectivity index (χ0n) is 39.2. The number of rotatable bonds is 20. The van der Waals surface area contributed by atoms with E-state index >= 15 is 0 Å². The molecule has 3 aliphatic rings. The van der Waals surface area contributed by atoms with Gasteiger partial charge in [0.15, 0.2) is 41.4 Å². The van der Waals surface area contributed by atoms with Gasteiger partial charge in [-0.1, -0.05) is 11.9 Å². The molecule has 6 aromatic rings. The standard InChI is InChI=1S/C34H47N15O22P4S/c1-4-12-13(66-30(19(12)50)49-11-46(2)18-27(49)43-34(37)45-29(18)54)5-65-73(57,58)70-74(59,60)71-75(61,62)76-7-15-22(23(63-3)32(68-15)47-9-40-16-24(35)38-8-39-25(16)47)69-72(55,56)64-6-14-20(51)21(52)31(67-14)48-10-41-17-26(48)42-33(36)44-28(17)53/h8-15,19-23,30-32,50-52H,4-7H2,1-3H3,(H11-,35,36,37,38,39,42,43,44,45,53,54,55,56,57,58,59,60,61,62)/p+1/t12-,13-,14-,15-,19-,20-,21-,22-,23-,30-,31-,32-/m1/s1. The van der Waals surface area contributed by atoms with Crippen molar-refractivity contribution >= 4 is 92.9 Å². The summed E-state index contributed by atoms with van der Waals surface area (Å²) in [5.41, 5.74) is 16.0. The van der Waals surface area contributed by atoms with E-state index in [4.69, 9.17) is 49.7 Å². The summed E-state index contributed by atoms with van der Waals surface area (Å²) in [6.45, 7) is -5.67. The lowest BCUT2D eigenvalue weighted by atomic mass is 9.95. The van der Waals surface area contributed by atoms with Crippen molar-refractivity contribution in [2.45, 2.75) is 80.9 Å². The Morgan fingerprint density at radius 2 is 1.39 bits per heavy atom. The smallest absolute Gasteiger partial charge is 0.387 e. The molecule has 16 atom stereocenters. The molecule has 0 amide bonds. The number of nitrogens with one attached hydrogen (secondary N) is 2. The number of phosphoric acid groups is 3. The van der Waals surface area contributed by atoms with E-state index in [2.05, 4.69) is 48.5 Å². The van der Waals surface area contributed by atoms with Crippen LogP contribution < -0.4 is 32.9 Å². The van der Waals surface area contributed by atoms with E-state index in [1.807, 2.05) is 0 Å². The molecule has 37 nitrogen and oxygen atoms in total. The number of aryl methyl sites for hydroxylation is 1. The molecular weight excluding hydrogens is 1130 g/mol. The van der Waals surface area contributed by atoms with Gasteiger partial charge in [0, 0.05) is 18.8 Å². The second kappa shape index (κ2) is 21.2. The summed E-state index contributed by atoms with van der Waals surface area (Å²) < 4.78 is 106. The van der Waals surface area contributed by atoms with Crippen molar-refractivity contribution in [2.75, 3.05) is 43.3 Å². The van der Waals surface area contributed by atoms with E-state index < -0.39 is 134 Å². The van der Waals surface area contributed by atoms with Gasteiger partial charge < -0.3 is 71.0 Å². The zero-order chi connectivity index (χ0) is 55.0. The number of aromatic nitrogens is 12. The molecule has 3 fully saturated rings. The number of phosphoric ester groups is 2. The van der Waals surface area contributed by atoms with E-state index in [-0.39, 0.29) is 69.0 Å². The Bertz CT molecular complexity index is 3490. The predicted octanol–water partition coefficient (Wildman–Crippen LogP) is -2.33. The molecule has 0 aliphatic carbocycles. The Morgan fingerprint density at radius 3 is 2.11 bits per heavy atom. The second-order valence-electron chi connectivity index (χ2n) is 17.0. The number of aliphatic hydroxyl groups is 3. The largest absolute Gasteiger partial charge is 0.488 e. The minimum atomic E-state index is -6.04. The molecule has 0 spiro atoms. The number of nitrogen functional groups attached to an aromatic ring is 3. The number of methoxy groups -OCH3 is 1. The van der Waals surface area contributed by atoms with E-state index in [9.17, 15) is 62.7 Å². The Morgan fingerprint density at radius 1 is 0.750 bits per heavy atom. The van der Waals surface area contributed by atoms with Gasteiger partial charge >= 0.3 is 35.9 Å². The SMILES string of the molecule is CC[C@H]1[C@@H](O)[C@H]([n+]2cn(C)c3c(=O)[nH]c(N)nc32)O[C@@H]1COP(=O)(O)OP(=O)(O)OP(=O)(O)SC[C@H]1O[C@@H](n2cnc3c(N)ncnc32)[C@H](OC)[C@@H]1OP(=O)(O)OC[C@H]1O[C@@H](n2cnc3c(=O)[nH]c(N)nc32)[C@H](O)[C@@H]1O. The van der Waals surface area contributed by atoms with Crippen LogP contribution in [0.2, 0.25) is 0 Å². The molecule has 416 valence electrons. The highest BCUT2D eigenvalue weighted by Gasteiger charge is 2.53. The molecule has 6 aromatic heterocycles. The number of nitrogens with two attached hydrogens (primary N) is 3. The van der Waals surface area contributed by atoms with Crippen molar-refractivity contribution in [3.8, 4) is 0 Å². The third kappa shape index (κ3) is 11.1. The number of nitrogens with zero attached hydrogens (tertiary/aromatic N) is 10. The minimum absolute atomic E-state index is 0.0258. The molecule has 42 heteroatoms. The molecule has 0 bridgehead atoms. The first-order valence-corrected chi connectivity index (χ1v) is 29.7. The number of aromatic amines is 2. The Kier molecular flexibility index (Phi) is 15.6. The number of hydrogen-bond acceptors (Lipinski definition) is 28. The average molecular weight is 1170 g/mol. The van der Waals surface area contributed by atoms with Crippen molar-refractivity contribution in [1.29, 1.82) is 0 Å². The monoisotopic (exact) mass is 1170 g/mol. The van der Waals surface area contributed by atoms with Gasteiger partial charge in [0.1, 0.15) is 48.5 Å². The molecule has 0 radical (unpaired) electrons. The number of anilines is 3. The van der Waals surface area contributed by atoms with E-state index in [0.717, 1.165) is 24.3 Å². The van der Waals surface area contributed by atoms with Crippen molar-refractivity contribution in [2.24, 2.45) is 13.0 Å². The van der Waals surface area contributed by atoms with Gasteiger partial charge in [0.05, 0.1) is 45.1 Å². The highest BCUT2D eigenvalue weighted by atomic mass is 32.7. The number of hydrogen-bond donors (Lipinski definition) is 12. The van der Waals surface area contributed by atoms with Crippen LogP contribution in [0.4, 0.5) is 17.7 Å². The molecule has 0 saturated carbocycles. The Hall–Kier alpha value is -4.72. The van der Waals surface area contributed by atoms with Crippen molar-refractivity contribution in [3.05, 3.63) is 46.0 Å². The van der Waals surface area contributed by atoms with Gasteiger partial charge in [-0.25, -0.2) is 42.8 Å². The van der Waals surface area contributed by atoms with Gasteiger partial charge in [-0.2, -0.15) is 13.6 Å². The number of ether oxygens (including phenoxy) is 4. The van der Waals surface area contributed by atoms with Gasteiger partial charge in [0.2, 0.25) is 17.7 Å². The molecule has 76 heavy (non-hydrogen) atoms.